The minimum atomic E-state index is -0.577. The van der Waals surface area contributed by atoms with E-state index in [1.165, 1.54) is 42.6 Å². The first-order valence-electron chi connectivity index (χ1n) is 8.28. The lowest BCUT2D eigenvalue weighted by atomic mass is 10.1. The van der Waals surface area contributed by atoms with Crippen LogP contribution in [-0.2, 0) is 4.79 Å². The van der Waals surface area contributed by atoms with Crippen LogP contribution in [0.1, 0.15) is 5.76 Å². The van der Waals surface area contributed by atoms with Crippen LogP contribution in [0.25, 0.3) is 11.3 Å². The average molecular weight is 417 g/mol. The molecule has 0 aliphatic rings. The van der Waals surface area contributed by atoms with Crippen molar-refractivity contribution in [2.45, 2.75) is 0 Å². The van der Waals surface area contributed by atoms with Gasteiger partial charge in [0, 0.05) is 17.3 Å². The number of rotatable bonds is 7. The third kappa shape index (κ3) is 5.39. The van der Waals surface area contributed by atoms with Crippen LogP contribution >= 0.6 is 11.6 Å². The van der Waals surface area contributed by atoms with Crippen LogP contribution < -0.4 is 10.7 Å². The van der Waals surface area contributed by atoms with Crippen LogP contribution in [0.5, 0.6) is 0 Å². The fourth-order valence-corrected chi connectivity index (χ4v) is 2.53. The Morgan fingerprint density at radius 2 is 1.97 bits per heavy atom. The summed E-state index contributed by atoms with van der Waals surface area (Å²) in [7, 11) is 0. The number of nitro benzene ring substituents is 1. The first kappa shape index (κ1) is 20.0. The summed E-state index contributed by atoms with van der Waals surface area (Å²) in [5.41, 5.74) is 3.17. The highest BCUT2D eigenvalue weighted by atomic mass is 35.5. The summed E-state index contributed by atoms with van der Waals surface area (Å²) in [6.45, 7) is -0.0547. The Bertz CT molecular complexity index is 1070. The molecule has 0 radical (unpaired) electrons. The Kier molecular flexibility index (Phi) is 6.20. The molecule has 0 saturated heterocycles. The molecule has 1 amide bonds. The van der Waals surface area contributed by atoms with Gasteiger partial charge in [-0.05, 0) is 48.5 Å². The van der Waals surface area contributed by atoms with Crippen LogP contribution in [0.3, 0.4) is 0 Å². The van der Waals surface area contributed by atoms with Gasteiger partial charge in [0.1, 0.15) is 22.4 Å². The smallest absolute Gasteiger partial charge is 0.288 e. The van der Waals surface area contributed by atoms with E-state index in [0.717, 1.165) is 0 Å². The molecule has 0 bridgehead atoms. The molecule has 0 atom stereocenters. The van der Waals surface area contributed by atoms with Crippen LogP contribution in [-0.4, -0.2) is 23.6 Å². The number of anilines is 1. The Balaban J connectivity index is 1.56. The highest BCUT2D eigenvalue weighted by Gasteiger charge is 2.15. The number of nitrogens with zero attached hydrogens (tertiary/aromatic N) is 2. The molecule has 1 aromatic heterocycles. The maximum Gasteiger partial charge on any atom is 0.288 e. The molecule has 1 heterocycles. The van der Waals surface area contributed by atoms with Gasteiger partial charge in [0.25, 0.3) is 11.6 Å². The number of hydrazone groups is 1. The van der Waals surface area contributed by atoms with Crippen molar-refractivity contribution >= 4 is 35.1 Å². The topological polar surface area (TPSA) is 110 Å². The SMILES string of the molecule is O=C(CNc1ccc(F)cc1)N/N=C\c1ccc(-c2ccc(Cl)c([N+](=O)[O-])c2)o1. The lowest BCUT2D eigenvalue weighted by Gasteiger charge is -2.04. The summed E-state index contributed by atoms with van der Waals surface area (Å²) in [5.74, 6) is -0.0544. The van der Waals surface area contributed by atoms with Crippen molar-refractivity contribution in [2.24, 2.45) is 5.10 Å². The van der Waals surface area contributed by atoms with E-state index >= 15 is 0 Å². The monoisotopic (exact) mass is 416 g/mol. The number of benzene rings is 2. The Morgan fingerprint density at radius 3 is 2.69 bits per heavy atom. The molecule has 0 aliphatic heterocycles. The summed E-state index contributed by atoms with van der Waals surface area (Å²) in [6.07, 6.45) is 1.30. The molecule has 2 aromatic carbocycles. The molecule has 0 spiro atoms. The third-order valence-electron chi connectivity index (χ3n) is 3.73. The normalized spacial score (nSPS) is 10.8. The van der Waals surface area contributed by atoms with Crippen molar-refractivity contribution in [1.82, 2.24) is 5.43 Å². The van der Waals surface area contributed by atoms with Gasteiger partial charge in [-0.2, -0.15) is 5.10 Å². The van der Waals surface area contributed by atoms with E-state index in [4.69, 9.17) is 16.0 Å². The summed E-state index contributed by atoms with van der Waals surface area (Å²) in [5, 5.41) is 17.6. The lowest BCUT2D eigenvalue weighted by molar-refractivity contribution is -0.384. The maximum absolute atomic E-state index is 12.8. The van der Waals surface area contributed by atoms with E-state index in [1.807, 2.05) is 0 Å². The van der Waals surface area contributed by atoms with Crippen molar-refractivity contribution in [3.8, 4) is 11.3 Å². The van der Waals surface area contributed by atoms with Gasteiger partial charge < -0.3 is 9.73 Å². The molecule has 2 N–H and O–H groups in total. The number of amides is 1. The van der Waals surface area contributed by atoms with Gasteiger partial charge in [0.15, 0.2) is 0 Å². The number of nitrogens with one attached hydrogen (secondary N) is 2. The summed E-state index contributed by atoms with van der Waals surface area (Å²) < 4.78 is 18.4. The number of hydrogen-bond donors (Lipinski definition) is 2. The van der Waals surface area contributed by atoms with E-state index in [2.05, 4.69) is 15.8 Å². The molecule has 29 heavy (non-hydrogen) atoms. The largest absolute Gasteiger partial charge is 0.455 e. The molecule has 0 aliphatic carbocycles. The van der Waals surface area contributed by atoms with Gasteiger partial charge in [-0.15, -0.1) is 0 Å². The van der Waals surface area contributed by atoms with Gasteiger partial charge in [-0.1, -0.05) is 11.6 Å². The fraction of sp³-hybridized carbons (Fsp3) is 0.0526. The predicted octanol–water partition coefficient (Wildman–Crippen LogP) is 4.21. The summed E-state index contributed by atoms with van der Waals surface area (Å²) in [6, 6.07) is 13.1. The fourth-order valence-electron chi connectivity index (χ4n) is 2.34. The molecule has 3 aromatic rings. The Hall–Kier alpha value is -3.72. The number of nitro groups is 1. The molecule has 10 heteroatoms. The van der Waals surface area contributed by atoms with Crippen molar-refractivity contribution in [3.63, 3.8) is 0 Å². The van der Waals surface area contributed by atoms with Crippen molar-refractivity contribution < 1.29 is 18.5 Å². The second-order valence-electron chi connectivity index (χ2n) is 5.78. The molecular formula is C19H14ClFN4O4. The van der Waals surface area contributed by atoms with E-state index < -0.39 is 10.8 Å². The van der Waals surface area contributed by atoms with Crippen LogP contribution in [0, 0.1) is 15.9 Å². The zero-order valence-corrected chi connectivity index (χ0v) is 15.5. The zero-order valence-electron chi connectivity index (χ0n) is 14.8. The first-order valence-corrected chi connectivity index (χ1v) is 8.65. The predicted molar refractivity (Wildman–Crippen MR) is 106 cm³/mol. The highest BCUT2D eigenvalue weighted by Crippen LogP contribution is 2.30. The zero-order chi connectivity index (χ0) is 20.8. The average Bonchev–Trinajstić information content (AvgIpc) is 3.16. The molecule has 148 valence electrons. The number of furan rings is 1. The Morgan fingerprint density at radius 1 is 1.21 bits per heavy atom. The van der Waals surface area contributed by atoms with Gasteiger partial charge in [-0.25, -0.2) is 9.82 Å². The second-order valence-corrected chi connectivity index (χ2v) is 6.19. The lowest BCUT2D eigenvalue weighted by Crippen LogP contribution is -2.25. The van der Waals surface area contributed by atoms with E-state index in [-0.39, 0.29) is 23.1 Å². The van der Waals surface area contributed by atoms with E-state index in [0.29, 0.717) is 22.8 Å². The minimum absolute atomic E-state index is 0.0315. The van der Waals surface area contributed by atoms with E-state index in [9.17, 15) is 19.3 Å². The van der Waals surface area contributed by atoms with Crippen molar-refractivity contribution in [2.75, 3.05) is 11.9 Å². The van der Waals surface area contributed by atoms with Crippen molar-refractivity contribution in [1.29, 1.82) is 0 Å². The third-order valence-corrected chi connectivity index (χ3v) is 4.05. The number of hydrogen-bond acceptors (Lipinski definition) is 6. The maximum atomic E-state index is 12.8. The number of halogens is 2. The standard InChI is InChI=1S/C19H14ClFN4O4/c20-16-7-1-12(9-17(16)25(27)28)18-8-6-15(29-18)10-23-24-19(26)11-22-14-4-2-13(21)3-5-14/h1-10,22H,11H2,(H,24,26)/b23-10-. The first-order chi connectivity index (χ1) is 13.9. The van der Waals surface area contributed by atoms with Crippen LogP contribution in [0.2, 0.25) is 5.02 Å². The molecule has 0 unspecified atom stereocenters. The summed E-state index contributed by atoms with van der Waals surface area (Å²) in [4.78, 5) is 22.2. The number of carbonyl (C=O) groups is 1. The number of carbonyl (C=O) groups excluding carboxylic acids is 1. The van der Waals surface area contributed by atoms with Gasteiger partial charge in [0.05, 0.1) is 17.7 Å². The molecule has 0 fully saturated rings. The molecular weight excluding hydrogens is 403 g/mol. The Labute approximate surface area is 169 Å². The molecule has 8 nitrogen and oxygen atoms in total. The highest BCUT2D eigenvalue weighted by molar-refractivity contribution is 6.32. The van der Waals surface area contributed by atoms with Crippen LogP contribution in [0.15, 0.2) is 64.1 Å². The van der Waals surface area contributed by atoms with Crippen LogP contribution in [0.4, 0.5) is 15.8 Å². The molecule has 0 saturated carbocycles. The second kappa shape index (κ2) is 8.98. The minimum Gasteiger partial charge on any atom is -0.455 e. The van der Waals surface area contributed by atoms with E-state index in [1.54, 1.807) is 18.2 Å². The van der Waals surface area contributed by atoms with Gasteiger partial charge in [0.2, 0.25) is 0 Å². The quantitative estimate of drug-likeness (QED) is 0.340. The summed E-state index contributed by atoms with van der Waals surface area (Å²) >= 11 is 5.80. The molecule has 3 rings (SSSR count). The van der Waals surface area contributed by atoms with Crippen molar-refractivity contribution in [3.05, 3.63) is 81.3 Å². The van der Waals surface area contributed by atoms with Gasteiger partial charge in [-0.3, -0.25) is 14.9 Å². The van der Waals surface area contributed by atoms with Gasteiger partial charge >= 0.3 is 0 Å².